The van der Waals surface area contributed by atoms with Crippen molar-refractivity contribution in [2.45, 2.75) is 37.6 Å². The van der Waals surface area contributed by atoms with Crippen molar-refractivity contribution in [1.82, 2.24) is 9.62 Å². The molecular weight excluding hydrogens is 430 g/mol. The van der Waals surface area contributed by atoms with Gasteiger partial charge >= 0.3 is 5.97 Å². The molecule has 0 saturated carbocycles. The molecule has 1 aliphatic heterocycles. The Labute approximate surface area is 189 Å². The summed E-state index contributed by atoms with van der Waals surface area (Å²) in [5, 5.41) is 5.84. The zero-order valence-corrected chi connectivity index (χ0v) is 19.2. The van der Waals surface area contributed by atoms with E-state index in [2.05, 4.69) is 15.4 Å². The average molecular weight is 460 g/mol. The van der Waals surface area contributed by atoms with E-state index in [1.807, 2.05) is 6.92 Å². The smallest absolute Gasteiger partial charge is 0.337 e. The van der Waals surface area contributed by atoms with Crippen molar-refractivity contribution in [1.29, 1.82) is 0 Å². The summed E-state index contributed by atoms with van der Waals surface area (Å²) >= 11 is 0. The van der Waals surface area contributed by atoms with Crippen molar-refractivity contribution in [3.63, 3.8) is 0 Å². The van der Waals surface area contributed by atoms with Crippen LogP contribution in [0.4, 0.5) is 5.69 Å². The van der Waals surface area contributed by atoms with Crippen LogP contribution >= 0.6 is 0 Å². The number of carbonyl (C=O) groups is 2. The summed E-state index contributed by atoms with van der Waals surface area (Å²) in [7, 11) is -2.21. The van der Waals surface area contributed by atoms with Crippen LogP contribution in [0.5, 0.6) is 0 Å². The molecule has 0 aromatic heterocycles. The van der Waals surface area contributed by atoms with Gasteiger partial charge in [0, 0.05) is 25.3 Å². The molecule has 0 aliphatic carbocycles. The fraction of sp³-hybridized carbons (Fsp3) is 0.391. The number of hydrogen-bond acceptors (Lipinski definition) is 6. The Hall–Kier alpha value is -2.91. The van der Waals surface area contributed by atoms with Crippen molar-refractivity contribution in [2.75, 3.05) is 32.1 Å². The molecule has 2 aromatic carbocycles. The summed E-state index contributed by atoms with van der Waals surface area (Å²) in [4.78, 5) is 24.0. The number of benzene rings is 2. The number of hydrogen-bond donors (Lipinski definition) is 2. The summed E-state index contributed by atoms with van der Waals surface area (Å²) in [5.41, 5.74) is 2.75. The van der Waals surface area contributed by atoms with E-state index in [1.54, 1.807) is 42.5 Å². The Balaban J connectivity index is 1.57. The number of amides is 1. The van der Waals surface area contributed by atoms with Crippen LogP contribution in [0.3, 0.4) is 0 Å². The van der Waals surface area contributed by atoms with Crippen LogP contribution in [0.2, 0.25) is 0 Å². The number of aryl methyl sites for hydroxylation is 1. The number of methoxy groups -OCH3 is 1. The Kier molecular flexibility index (Phi) is 7.87. The number of rotatable bonds is 8. The van der Waals surface area contributed by atoms with Gasteiger partial charge in [-0.2, -0.15) is 4.31 Å². The van der Waals surface area contributed by atoms with E-state index in [4.69, 9.17) is 0 Å². The standard InChI is InChI=1S/C23H29N3O5S/c1-17-6-11-20(32(29,30)26-12-4-3-5-13-26)14-21(17)24-16-22(27)25-15-18-7-9-19(10-8-18)23(28)31-2/h6-11,14,24H,3-5,12-13,15-16H2,1-2H3,(H,25,27). The molecule has 1 heterocycles. The number of ether oxygens (including phenoxy) is 1. The fourth-order valence-electron chi connectivity index (χ4n) is 3.52. The second kappa shape index (κ2) is 10.6. The Bertz CT molecular complexity index is 1060. The predicted molar refractivity (Wildman–Crippen MR) is 122 cm³/mol. The van der Waals surface area contributed by atoms with Gasteiger partial charge < -0.3 is 15.4 Å². The SMILES string of the molecule is COC(=O)c1ccc(CNC(=O)CNc2cc(S(=O)(=O)N3CCCCC3)ccc2C)cc1. The van der Waals surface area contributed by atoms with Crippen molar-refractivity contribution in [2.24, 2.45) is 0 Å². The van der Waals surface area contributed by atoms with Gasteiger partial charge in [-0.15, -0.1) is 0 Å². The Morgan fingerprint density at radius 2 is 1.72 bits per heavy atom. The van der Waals surface area contributed by atoms with Crippen molar-refractivity contribution in [3.8, 4) is 0 Å². The Morgan fingerprint density at radius 1 is 1.03 bits per heavy atom. The van der Waals surface area contributed by atoms with Gasteiger partial charge in [0.2, 0.25) is 15.9 Å². The van der Waals surface area contributed by atoms with E-state index in [1.165, 1.54) is 11.4 Å². The molecule has 9 heteroatoms. The molecule has 1 saturated heterocycles. The van der Waals surface area contributed by atoms with Crippen molar-refractivity contribution >= 4 is 27.6 Å². The van der Waals surface area contributed by atoms with E-state index in [-0.39, 0.29) is 17.3 Å². The summed E-state index contributed by atoms with van der Waals surface area (Å²) in [6, 6.07) is 11.7. The lowest BCUT2D eigenvalue weighted by Gasteiger charge is -2.26. The molecular formula is C23H29N3O5S. The third kappa shape index (κ3) is 5.86. The quantitative estimate of drug-likeness (QED) is 0.588. The second-order valence-corrected chi connectivity index (χ2v) is 9.70. The highest BCUT2D eigenvalue weighted by Gasteiger charge is 2.26. The maximum Gasteiger partial charge on any atom is 0.337 e. The highest BCUT2D eigenvalue weighted by molar-refractivity contribution is 7.89. The number of esters is 1. The zero-order chi connectivity index (χ0) is 23.1. The van der Waals surface area contributed by atoms with Gasteiger partial charge in [0.15, 0.2) is 0 Å². The van der Waals surface area contributed by atoms with Gasteiger partial charge in [-0.05, 0) is 55.2 Å². The molecule has 172 valence electrons. The van der Waals surface area contributed by atoms with E-state index in [9.17, 15) is 18.0 Å². The van der Waals surface area contributed by atoms with E-state index >= 15 is 0 Å². The highest BCUT2D eigenvalue weighted by Crippen LogP contribution is 2.25. The van der Waals surface area contributed by atoms with Gasteiger partial charge in [-0.3, -0.25) is 4.79 Å². The normalized spacial score (nSPS) is 14.6. The first-order valence-electron chi connectivity index (χ1n) is 10.6. The topological polar surface area (TPSA) is 105 Å². The predicted octanol–water partition coefficient (Wildman–Crippen LogP) is 2.68. The van der Waals surface area contributed by atoms with Crippen LogP contribution in [-0.2, 0) is 26.1 Å². The molecule has 0 spiro atoms. The zero-order valence-electron chi connectivity index (χ0n) is 18.4. The maximum absolute atomic E-state index is 12.9. The first-order valence-corrected chi connectivity index (χ1v) is 12.0. The largest absolute Gasteiger partial charge is 0.465 e. The molecule has 0 atom stereocenters. The number of nitrogens with one attached hydrogen (secondary N) is 2. The monoisotopic (exact) mass is 459 g/mol. The average Bonchev–Trinajstić information content (AvgIpc) is 2.82. The minimum absolute atomic E-state index is 0.00823. The van der Waals surface area contributed by atoms with E-state index < -0.39 is 16.0 Å². The van der Waals surface area contributed by atoms with E-state index in [0.29, 0.717) is 30.9 Å². The van der Waals surface area contributed by atoms with Crippen molar-refractivity contribution < 1.29 is 22.7 Å². The first-order chi connectivity index (χ1) is 15.3. The van der Waals surface area contributed by atoms with Gasteiger partial charge in [0.25, 0.3) is 0 Å². The third-order valence-electron chi connectivity index (χ3n) is 5.47. The molecule has 2 N–H and O–H groups in total. The molecule has 0 radical (unpaired) electrons. The number of sulfonamides is 1. The van der Waals surface area contributed by atoms with Crippen LogP contribution < -0.4 is 10.6 Å². The number of carbonyl (C=O) groups excluding carboxylic acids is 2. The lowest BCUT2D eigenvalue weighted by molar-refractivity contribution is -0.119. The molecule has 1 amide bonds. The summed E-state index contributed by atoms with van der Waals surface area (Å²) < 4.78 is 32.0. The van der Waals surface area contributed by atoms with Gasteiger partial charge in [0.1, 0.15) is 0 Å². The number of anilines is 1. The van der Waals surface area contributed by atoms with Crippen LogP contribution in [0.1, 0.15) is 40.7 Å². The molecule has 0 unspecified atom stereocenters. The Morgan fingerprint density at radius 3 is 2.38 bits per heavy atom. The fourth-order valence-corrected chi connectivity index (χ4v) is 5.07. The lowest BCUT2D eigenvalue weighted by atomic mass is 10.1. The molecule has 8 nitrogen and oxygen atoms in total. The number of nitrogens with zero attached hydrogens (tertiary/aromatic N) is 1. The third-order valence-corrected chi connectivity index (χ3v) is 7.36. The summed E-state index contributed by atoms with van der Waals surface area (Å²) in [5.74, 6) is -0.643. The van der Waals surface area contributed by atoms with Crippen LogP contribution in [0.25, 0.3) is 0 Å². The highest BCUT2D eigenvalue weighted by atomic mass is 32.2. The maximum atomic E-state index is 12.9. The van der Waals surface area contributed by atoms with Gasteiger partial charge in [0.05, 0.1) is 24.1 Å². The van der Waals surface area contributed by atoms with Crippen LogP contribution in [0.15, 0.2) is 47.4 Å². The number of piperidine rings is 1. The molecule has 0 bridgehead atoms. The minimum atomic E-state index is -3.54. The van der Waals surface area contributed by atoms with Crippen LogP contribution in [-0.4, -0.2) is 51.3 Å². The molecule has 2 aromatic rings. The van der Waals surface area contributed by atoms with Gasteiger partial charge in [-0.1, -0.05) is 24.6 Å². The molecule has 3 rings (SSSR count). The van der Waals surface area contributed by atoms with Crippen LogP contribution in [0, 0.1) is 6.92 Å². The first kappa shape index (κ1) is 23.7. The molecule has 1 aliphatic rings. The van der Waals surface area contributed by atoms with Crippen molar-refractivity contribution in [3.05, 3.63) is 59.2 Å². The molecule has 1 fully saturated rings. The lowest BCUT2D eigenvalue weighted by Crippen LogP contribution is -2.35. The van der Waals surface area contributed by atoms with Gasteiger partial charge in [-0.25, -0.2) is 13.2 Å². The summed E-state index contributed by atoms with van der Waals surface area (Å²) in [6.45, 7) is 3.27. The molecule has 32 heavy (non-hydrogen) atoms. The minimum Gasteiger partial charge on any atom is -0.465 e. The second-order valence-electron chi connectivity index (χ2n) is 7.76. The van der Waals surface area contributed by atoms with E-state index in [0.717, 1.165) is 30.4 Å². The summed E-state index contributed by atoms with van der Waals surface area (Å²) in [6.07, 6.45) is 2.81.